The van der Waals surface area contributed by atoms with E-state index in [0.29, 0.717) is 12.3 Å². The van der Waals surface area contributed by atoms with Crippen molar-refractivity contribution in [3.05, 3.63) is 54.2 Å². The summed E-state index contributed by atoms with van der Waals surface area (Å²) in [6, 6.07) is 9.68. The van der Waals surface area contributed by atoms with Crippen molar-refractivity contribution >= 4 is 29.4 Å². The molecule has 0 spiro atoms. The first-order valence-electron chi connectivity index (χ1n) is 6.69. The molecule has 2 rings (SSSR count). The number of pyridine rings is 1. The summed E-state index contributed by atoms with van der Waals surface area (Å²) in [4.78, 5) is 15.9. The van der Waals surface area contributed by atoms with E-state index >= 15 is 0 Å². The summed E-state index contributed by atoms with van der Waals surface area (Å²) in [6.45, 7) is 0.692. The number of hydrogen-bond donors (Lipinski definition) is 1. The molecule has 1 N–H and O–H groups in total. The van der Waals surface area contributed by atoms with Crippen molar-refractivity contribution < 1.29 is 9.21 Å². The van der Waals surface area contributed by atoms with Gasteiger partial charge in [-0.05, 0) is 24.3 Å². The predicted octanol–water partition coefficient (Wildman–Crippen LogP) is 2.96. The zero-order valence-electron chi connectivity index (χ0n) is 11.7. The van der Waals surface area contributed by atoms with E-state index in [0.717, 1.165) is 28.7 Å². The number of carbonyl (C=O) groups is 1. The van der Waals surface area contributed by atoms with Crippen molar-refractivity contribution in [2.24, 2.45) is 0 Å². The van der Waals surface area contributed by atoms with Gasteiger partial charge < -0.3 is 9.73 Å². The van der Waals surface area contributed by atoms with Gasteiger partial charge in [-0.2, -0.15) is 11.8 Å². The predicted molar refractivity (Wildman–Crippen MR) is 88.3 cm³/mol. The van der Waals surface area contributed by atoms with Crippen LogP contribution in [0.25, 0.3) is 0 Å². The Bertz CT molecular complexity index is 518. The number of hydrogen-bond acceptors (Lipinski definition) is 5. The van der Waals surface area contributed by atoms with Gasteiger partial charge in [-0.15, -0.1) is 11.8 Å². The van der Waals surface area contributed by atoms with E-state index in [1.807, 2.05) is 30.3 Å². The molecule has 0 atom stereocenters. The molecule has 21 heavy (non-hydrogen) atoms. The van der Waals surface area contributed by atoms with Gasteiger partial charge in [0.05, 0.1) is 23.5 Å². The van der Waals surface area contributed by atoms with Crippen molar-refractivity contribution in [2.45, 2.75) is 11.5 Å². The van der Waals surface area contributed by atoms with E-state index in [-0.39, 0.29) is 5.91 Å². The minimum absolute atomic E-state index is 0.0741. The molecule has 0 fully saturated rings. The van der Waals surface area contributed by atoms with Crippen LogP contribution in [0.2, 0.25) is 0 Å². The second kappa shape index (κ2) is 9.52. The molecule has 0 aromatic carbocycles. The quantitative estimate of drug-likeness (QED) is 0.719. The van der Waals surface area contributed by atoms with Crippen LogP contribution in [0.15, 0.2) is 47.2 Å². The lowest BCUT2D eigenvalue weighted by Crippen LogP contribution is -2.27. The number of aromatic nitrogens is 1. The Kier molecular flexibility index (Phi) is 7.24. The molecule has 0 radical (unpaired) electrons. The molecule has 112 valence electrons. The maximum atomic E-state index is 11.6. The second-order valence-electron chi connectivity index (χ2n) is 4.30. The summed E-state index contributed by atoms with van der Waals surface area (Å²) in [6.07, 6.45) is 3.45. The molecule has 0 unspecified atom stereocenters. The first-order valence-corrected chi connectivity index (χ1v) is 9.00. The fourth-order valence-electron chi connectivity index (χ4n) is 1.61. The minimum Gasteiger partial charge on any atom is -0.468 e. The zero-order chi connectivity index (χ0) is 14.8. The van der Waals surface area contributed by atoms with Crippen molar-refractivity contribution in [3.63, 3.8) is 0 Å². The Morgan fingerprint density at radius 1 is 1.19 bits per heavy atom. The maximum absolute atomic E-state index is 11.6. The third kappa shape index (κ3) is 6.73. The van der Waals surface area contributed by atoms with E-state index < -0.39 is 0 Å². The van der Waals surface area contributed by atoms with Crippen LogP contribution < -0.4 is 5.32 Å². The number of amides is 1. The molecular weight excluding hydrogens is 304 g/mol. The average Bonchev–Trinajstić information content (AvgIpc) is 3.01. The molecule has 0 bridgehead atoms. The van der Waals surface area contributed by atoms with E-state index in [1.165, 1.54) is 0 Å². The zero-order valence-corrected chi connectivity index (χ0v) is 13.3. The maximum Gasteiger partial charge on any atom is 0.230 e. The van der Waals surface area contributed by atoms with Gasteiger partial charge in [0.1, 0.15) is 5.76 Å². The number of nitrogens with one attached hydrogen (secondary N) is 1. The van der Waals surface area contributed by atoms with E-state index in [1.54, 1.807) is 36.0 Å². The average molecular weight is 322 g/mol. The van der Waals surface area contributed by atoms with E-state index in [2.05, 4.69) is 10.3 Å². The van der Waals surface area contributed by atoms with Gasteiger partial charge in [0, 0.05) is 24.2 Å². The van der Waals surface area contributed by atoms with Crippen molar-refractivity contribution in [1.82, 2.24) is 10.3 Å². The summed E-state index contributed by atoms with van der Waals surface area (Å²) in [5, 5.41) is 2.92. The third-order valence-electron chi connectivity index (χ3n) is 2.60. The first kappa shape index (κ1) is 16.0. The van der Waals surface area contributed by atoms with Gasteiger partial charge in [0.15, 0.2) is 0 Å². The Morgan fingerprint density at radius 2 is 2.14 bits per heavy atom. The van der Waals surface area contributed by atoms with Gasteiger partial charge in [0.2, 0.25) is 5.91 Å². The number of furan rings is 1. The Morgan fingerprint density at radius 3 is 2.90 bits per heavy atom. The van der Waals surface area contributed by atoms with Crippen LogP contribution >= 0.6 is 23.5 Å². The number of carbonyl (C=O) groups excluding carboxylic acids is 1. The van der Waals surface area contributed by atoms with Crippen LogP contribution in [-0.2, 0) is 16.3 Å². The van der Waals surface area contributed by atoms with Gasteiger partial charge in [0.25, 0.3) is 0 Å². The highest BCUT2D eigenvalue weighted by molar-refractivity contribution is 7.99. The van der Waals surface area contributed by atoms with Crippen LogP contribution in [0.4, 0.5) is 0 Å². The fraction of sp³-hybridized carbons (Fsp3) is 0.333. The molecule has 6 heteroatoms. The van der Waals surface area contributed by atoms with E-state index in [4.69, 9.17) is 4.42 Å². The second-order valence-corrected chi connectivity index (χ2v) is 6.39. The highest BCUT2D eigenvalue weighted by Crippen LogP contribution is 2.12. The highest BCUT2D eigenvalue weighted by Gasteiger charge is 2.02. The molecular formula is C15H18N2O2S2. The lowest BCUT2D eigenvalue weighted by atomic mass is 10.4. The molecule has 4 nitrogen and oxygen atoms in total. The minimum atomic E-state index is 0.0741. The summed E-state index contributed by atoms with van der Waals surface area (Å²) in [5.74, 6) is 3.94. The number of rotatable bonds is 9. The molecule has 2 heterocycles. The Labute approximate surface area is 133 Å². The van der Waals surface area contributed by atoms with Crippen molar-refractivity contribution in [1.29, 1.82) is 0 Å². The van der Waals surface area contributed by atoms with Crippen LogP contribution in [0.1, 0.15) is 11.5 Å². The molecule has 0 aliphatic heterocycles. The van der Waals surface area contributed by atoms with Crippen LogP contribution in [0, 0.1) is 0 Å². The normalized spacial score (nSPS) is 10.5. The van der Waals surface area contributed by atoms with Gasteiger partial charge in [-0.3, -0.25) is 9.78 Å². The molecule has 0 saturated heterocycles. The van der Waals surface area contributed by atoms with Crippen LogP contribution in [0.5, 0.6) is 0 Å². The summed E-state index contributed by atoms with van der Waals surface area (Å²) < 4.78 is 5.21. The topological polar surface area (TPSA) is 55.1 Å². The smallest absolute Gasteiger partial charge is 0.230 e. The molecule has 0 saturated carbocycles. The standard InChI is InChI=1S/C15H18N2O2S2/c18-15(12-21-11-14-5-3-8-19-14)17-7-9-20-10-13-4-1-2-6-16-13/h1-6,8H,7,9-12H2,(H,17,18). The van der Waals surface area contributed by atoms with E-state index in [9.17, 15) is 4.79 Å². The fourth-order valence-corrected chi connectivity index (χ4v) is 3.14. The molecule has 0 aliphatic carbocycles. The summed E-state index contributed by atoms with van der Waals surface area (Å²) >= 11 is 3.33. The summed E-state index contributed by atoms with van der Waals surface area (Å²) in [7, 11) is 0. The van der Waals surface area contributed by atoms with Gasteiger partial charge >= 0.3 is 0 Å². The molecule has 1 amide bonds. The van der Waals surface area contributed by atoms with Crippen molar-refractivity contribution in [2.75, 3.05) is 18.1 Å². The SMILES string of the molecule is O=C(CSCc1ccco1)NCCSCc1ccccn1. The van der Waals surface area contributed by atoms with Crippen LogP contribution in [0.3, 0.4) is 0 Å². The largest absolute Gasteiger partial charge is 0.468 e. The van der Waals surface area contributed by atoms with Crippen molar-refractivity contribution in [3.8, 4) is 0 Å². The summed E-state index contributed by atoms with van der Waals surface area (Å²) in [5.41, 5.74) is 1.07. The monoisotopic (exact) mass is 322 g/mol. The Hall–Kier alpha value is -1.40. The first-order chi connectivity index (χ1) is 10.3. The van der Waals surface area contributed by atoms with Gasteiger partial charge in [-0.1, -0.05) is 6.07 Å². The lowest BCUT2D eigenvalue weighted by molar-refractivity contribution is -0.118. The number of nitrogens with zero attached hydrogens (tertiary/aromatic N) is 1. The lowest BCUT2D eigenvalue weighted by Gasteiger charge is -2.04. The molecule has 2 aromatic rings. The highest BCUT2D eigenvalue weighted by atomic mass is 32.2. The molecule has 0 aliphatic rings. The number of thioether (sulfide) groups is 2. The Balaban J connectivity index is 1.47. The molecule has 2 aromatic heterocycles. The van der Waals surface area contributed by atoms with Gasteiger partial charge in [-0.25, -0.2) is 0 Å². The van der Waals surface area contributed by atoms with Crippen LogP contribution in [-0.4, -0.2) is 28.9 Å². The third-order valence-corrected chi connectivity index (χ3v) is 4.55.